The number of carbonyl (C=O) groups excluding carboxylic acids is 3. The van der Waals surface area contributed by atoms with Crippen LogP contribution in [0.2, 0.25) is 0 Å². The van der Waals surface area contributed by atoms with Crippen molar-refractivity contribution in [1.82, 2.24) is 0 Å². The fourth-order valence-corrected chi connectivity index (χ4v) is 7.34. The van der Waals surface area contributed by atoms with Crippen LogP contribution in [0.15, 0.2) is 0 Å². The SMILES string of the molecule is O=C1C2CC3CC1CC(OC(=O)C(F)(F)S(=O)(=O)O)(C3)C2.O=C1OC2CC3CC1C2C3. The first-order valence-electron chi connectivity index (χ1n) is 10.7. The summed E-state index contributed by atoms with van der Waals surface area (Å²) in [6, 6.07) is 0. The van der Waals surface area contributed by atoms with Crippen molar-refractivity contribution in [2.24, 2.45) is 35.5 Å². The van der Waals surface area contributed by atoms with Gasteiger partial charge in [-0.1, -0.05) is 0 Å². The summed E-state index contributed by atoms with van der Waals surface area (Å²) in [5.74, 6) is -0.805. The van der Waals surface area contributed by atoms with Gasteiger partial charge >= 0.3 is 27.3 Å². The molecule has 0 radical (unpaired) electrons. The minimum absolute atomic E-state index is 0.0826. The van der Waals surface area contributed by atoms with Crippen molar-refractivity contribution in [1.29, 1.82) is 0 Å². The van der Waals surface area contributed by atoms with E-state index >= 15 is 0 Å². The molecule has 6 saturated carbocycles. The molecule has 0 aromatic carbocycles. The Hall–Kier alpha value is -1.62. The average molecular weight is 462 g/mol. The zero-order valence-corrected chi connectivity index (χ0v) is 17.5. The Morgan fingerprint density at radius 2 is 1.68 bits per heavy atom. The Labute approximate surface area is 177 Å². The molecule has 6 bridgehead atoms. The van der Waals surface area contributed by atoms with Crippen molar-refractivity contribution in [3.63, 3.8) is 0 Å². The first kappa shape index (κ1) is 21.2. The number of carbonyl (C=O) groups is 3. The maximum absolute atomic E-state index is 13.3. The second-order valence-corrected chi connectivity index (χ2v) is 11.6. The van der Waals surface area contributed by atoms with Gasteiger partial charge in [-0.05, 0) is 63.2 Å². The van der Waals surface area contributed by atoms with Gasteiger partial charge < -0.3 is 9.47 Å². The van der Waals surface area contributed by atoms with E-state index < -0.39 is 26.9 Å². The smallest absolute Gasteiger partial charge is 0.462 e. The molecule has 0 aromatic rings. The molecule has 31 heavy (non-hydrogen) atoms. The monoisotopic (exact) mass is 462 g/mol. The predicted octanol–water partition coefficient (Wildman–Crippen LogP) is 2.12. The Balaban J connectivity index is 0.000000167. The van der Waals surface area contributed by atoms with Crippen LogP contribution in [0.1, 0.15) is 51.4 Å². The number of esters is 2. The number of ether oxygens (including phenoxy) is 2. The summed E-state index contributed by atoms with van der Waals surface area (Å²) in [7, 11) is -5.87. The molecule has 7 rings (SSSR count). The number of halogens is 2. The zero-order chi connectivity index (χ0) is 22.3. The van der Waals surface area contributed by atoms with Gasteiger partial charge in [0.15, 0.2) is 0 Å². The van der Waals surface area contributed by atoms with Gasteiger partial charge in [-0.3, -0.25) is 14.1 Å². The minimum atomic E-state index is -5.87. The number of rotatable bonds is 3. The van der Waals surface area contributed by atoms with Gasteiger partial charge in [-0.15, -0.1) is 0 Å². The van der Waals surface area contributed by atoms with Gasteiger partial charge in [0.25, 0.3) is 0 Å². The van der Waals surface area contributed by atoms with Crippen LogP contribution in [-0.2, 0) is 34.0 Å². The van der Waals surface area contributed by atoms with Crippen molar-refractivity contribution in [3.8, 4) is 0 Å². The molecule has 172 valence electrons. The van der Waals surface area contributed by atoms with E-state index in [9.17, 15) is 31.6 Å². The molecule has 6 aliphatic carbocycles. The van der Waals surface area contributed by atoms with Gasteiger partial charge in [0.05, 0.1) is 5.92 Å². The second kappa shape index (κ2) is 6.69. The number of alkyl halides is 2. The summed E-state index contributed by atoms with van der Waals surface area (Å²) in [5.41, 5.74) is -1.20. The summed E-state index contributed by atoms with van der Waals surface area (Å²) in [4.78, 5) is 34.5. The first-order valence-corrected chi connectivity index (χ1v) is 12.1. The Morgan fingerprint density at radius 1 is 1.03 bits per heavy atom. The molecule has 11 heteroatoms. The van der Waals surface area contributed by atoms with Crippen molar-refractivity contribution < 1.29 is 45.6 Å². The third-order valence-electron chi connectivity index (χ3n) is 8.13. The zero-order valence-electron chi connectivity index (χ0n) is 16.7. The highest BCUT2D eigenvalue weighted by atomic mass is 32.2. The number of fused-ring (bicyclic) bond motifs is 1. The molecule has 0 aromatic heterocycles. The largest absolute Gasteiger partial charge is 0.465 e. The molecule has 7 aliphatic rings. The molecule has 0 amide bonds. The lowest BCUT2D eigenvalue weighted by Crippen LogP contribution is -2.58. The fourth-order valence-electron chi connectivity index (χ4n) is 7.09. The number of Topliss-reactive ketones (excluding diaryl/α,β-unsaturated/α-hetero) is 1. The molecule has 1 heterocycles. The molecule has 1 N–H and O–H groups in total. The molecule has 7 fully saturated rings. The molecule has 0 spiro atoms. The van der Waals surface area contributed by atoms with E-state index in [4.69, 9.17) is 14.0 Å². The van der Waals surface area contributed by atoms with E-state index in [-0.39, 0.29) is 42.3 Å². The summed E-state index contributed by atoms with van der Waals surface area (Å²) in [6.07, 6.45) is 5.90. The second-order valence-electron chi connectivity index (χ2n) is 10.1. The highest BCUT2D eigenvalue weighted by molar-refractivity contribution is 7.87. The van der Waals surface area contributed by atoms with Crippen molar-refractivity contribution in [3.05, 3.63) is 0 Å². The Morgan fingerprint density at radius 3 is 2.19 bits per heavy atom. The molecule has 6 atom stereocenters. The lowest BCUT2D eigenvalue weighted by atomic mass is 9.53. The summed E-state index contributed by atoms with van der Waals surface area (Å²) in [5, 5.41) is -4.99. The lowest BCUT2D eigenvalue weighted by Gasteiger charge is -2.54. The number of ketones is 1. The highest BCUT2D eigenvalue weighted by Crippen LogP contribution is 2.56. The van der Waals surface area contributed by atoms with Crippen LogP contribution in [0.25, 0.3) is 0 Å². The van der Waals surface area contributed by atoms with E-state index in [1.54, 1.807) is 0 Å². The maximum Gasteiger partial charge on any atom is 0.465 e. The van der Waals surface area contributed by atoms with Crippen molar-refractivity contribution in [2.45, 2.75) is 68.3 Å². The van der Waals surface area contributed by atoms with Gasteiger partial charge in [0.2, 0.25) is 0 Å². The third-order valence-corrected chi connectivity index (χ3v) is 8.95. The van der Waals surface area contributed by atoms with E-state index in [1.165, 1.54) is 6.42 Å². The molecular weight excluding hydrogens is 438 g/mol. The van der Waals surface area contributed by atoms with Gasteiger partial charge in [-0.25, -0.2) is 4.79 Å². The molecule has 8 nitrogen and oxygen atoms in total. The van der Waals surface area contributed by atoms with Crippen LogP contribution >= 0.6 is 0 Å². The van der Waals surface area contributed by atoms with E-state index in [1.807, 2.05) is 0 Å². The standard InChI is InChI=1S/C12H14F2O6S.C8H10O2/c13-12(14,21(17,18)19)10(16)20-11-3-6-1-7(4-11)9(15)8(2-6)5-11;9-8-6-2-4-1-5(6)7(3-4)10-8/h6-8H,1-5H2,(H,17,18,19);4-7H,1-3H2. The van der Waals surface area contributed by atoms with Crippen LogP contribution in [-0.4, -0.2) is 47.7 Å². The topological polar surface area (TPSA) is 124 Å². The molecule has 1 saturated heterocycles. The quantitative estimate of drug-likeness (QED) is 0.500. The summed E-state index contributed by atoms with van der Waals surface area (Å²) in [6.45, 7) is 0. The molecular formula is C20H24F2O8S. The Kier molecular flexibility index (Phi) is 4.59. The van der Waals surface area contributed by atoms with Crippen LogP contribution < -0.4 is 0 Å². The van der Waals surface area contributed by atoms with Crippen LogP contribution in [0.3, 0.4) is 0 Å². The fraction of sp³-hybridized carbons (Fsp3) is 0.850. The van der Waals surface area contributed by atoms with Gasteiger partial charge in [0.1, 0.15) is 17.5 Å². The first-order chi connectivity index (χ1) is 14.4. The van der Waals surface area contributed by atoms with Crippen molar-refractivity contribution in [2.75, 3.05) is 0 Å². The van der Waals surface area contributed by atoms with Gasteiger partial charge in [0, 0.05) is 17.8 Å². The van der Waals surface area contributed by atoms with Crippen LogP contribution in [0, 0.1) is 35.5 Å². The maximum atomic E-state index is 13.3. The normalized spacial score (nSPS) is 44.2. The average Bonchev–Trinajstić information content (AvgIpc) is 3.28. The van der Waals surface area contributed by atoms with E-state index in [0.29, 0.717) is 37.2 Å². The lowest BCUT2D eigenvalue weighted by molar-refractivity contribution is -0.201. The molecule has 6 unspecified atom stereocenters. The summed E-state index contributed by atoms with van der Waals surface area (Å²) < 4.78 is 66.2. The van der Waals surface area contributed by atoms with E-state index in [0.717, 1.165) is 18.8 Å². The van der Waals surface area contributed by atoms with Gasteiger partial charge in [-0.2, -0.15) is 17.2 Å². The highest BCUT2D eigenvalue weighted by Gasteiger charge is 2.61. The minimum Gasteiger partial charge on any atom is -0.462 e. The third kappa shape index (κ3) is 3.30. The van der Waals surface area contributed by atoms with Crippen molar-refractivity contribution >= 4 is 27.8 Å². The number of hydrogen-bond acceptors (Lipinski definition) is 7. The molecule has 1 aliphatic heterocycles. The van der Waals surface area contributed by atoms with E-state index in [2.05, 4.69) is 0 Å². The van der Waals surface area contributed by atoms with Crippen LogP contribution in [0.5, 0.6) is 0 Å². The summed E-state index contributed by atoms with van der Waals surface area (Å²) >= 11 is 0. The predicted molar refractivity (Wildman–Crippen MR) is 98.1 cm³/mol. The number of hydrogen-bond donors (Lipinski definition) is 1. The Bertz CT molecular complexity index is 927. The van der Waals surface area contributed by atoms with Crippen LogP contribution in [0.4, 0.5) is 8.78 Å².